The Morgan fingerprint density at radius 1 is 1.12 bits per heavy atom. The minimum Gasteiger partial charge on any atom is -0.454 e. The van der Waals surface area contributed by atoms with Crippen molar-refractivity contribution >= 4 is 22.0 Å². The van der Waals surface area contributed by atoms with E-state index in [1.807, 2.05) is 0 Å². The lowest BCUT2D eigenvalue weighted by Gasteiger charge is -2.09. The zero-order valence-corrected chi connectivity index (χ0v) is 14.8. The molecule has 0 N–H and O–H groups in total. The maximum absolute atomic E-state index is 12.6. The number of Topliss-reactive ketones (excluding diaryl/α,β-unsaturated/α-hetero) is 1. The van der Waals surface area contributed by atoms with Crippen molar-refractivity contribution in [2.24, 2.45) is 0 Å². The molecule has 0 saturated heterocycles. The van der Waals surface area contributed by atoms with Gasteiger partial charge in [0.25, 0.3) is 0 Å². The lowest BCUT2D eigenvalue weighted by molar-refractivity contribution is 0.101. The van der Waals surface area contributed by atoms with Crippen LogP contribution in [0.25, 0.3) is 6.08 Å². The van der Waals surface area contributed by atoms with Gasteiger partial charge in [0.2, 0.25) is 12.6 Å². The highest BCUT2D eigenvalue weighted by molar-refractivity contribution is 7.86. The van der Waals surface area contributed by atoms with E-state index in [1.165, 1.54) is 12.1 Å². The Hall–Kier alpha value is -3.00. The van der Waals surface area contributed by atoms with Gasteiger partial charge in [-0.2, -0.15) is 8.42 Å². The second-order valence-corrected chi connectivity index (χ2v) is 7.48. The first-order valence-corrected chi connectivity index (χ1v) is 9.50. The fourth-order valence-electron chi connectivity index (χ4n) is 2.78. The van der Waals surface area contributed by atoms with Crippen LogP contribution < -0.4 is 18.4 Å². The minimum absolute atomic E-state index is 0.128. The van der Waals surface area contributed by atoms with E-state index in [9.17, 15) is 13.2 Å². The maximum atomic E-state index is 12.6. The second kappa shape index (κ2) is 5.77. The summed E-state index contributed by atoms with van der Waals surface area (Å²) in [5.41, 5.74) is 1.52. The van der Waals surface area contributed by atoms with Gasteiger partial charge in [0.1, 0.15) is 11.5 Å². The first-order chi connectivity index (χ1) is 12.3. The van der Waals surface area contributed by atoms with E-state index in [1.54, 1.807) is 31.2 Å². The molecule has 4 rings (SSSR count). The van der Waals surface area contributed by atoms with Gasteiger partial charge in [0.15, 0.2) is 17.3 Å². The quantitative estimate of drug-likeness (QED) is 0.603. The highest BCUT2D eigenvalue weighted by Gasteiger charge is 2.30. The first kappa shape index (κ1) is 16.5. The van der Waals surface area contributed by atoms with Gasteiger partial charge in [0.05, 0.1) is 11.8 Å². The standard InChI is InChI=1S/C18H14O7S/c1-10-13(25-26(2,20)21)6-4-12-17(19)16(24-18(10)12)8-11-3-5-14-15(7-11)23-9-22-14/h3-8H,9H2,1-2H3. The maximum Gasteiger partial charge on any atom is 0.306 e. The SMILES string of the molecule is Cc1c(OS(C)(=O)=O)ccc2c1OC(=Cc1ccc3c(c1)OCO3)C2=O. The molecule has 0 unspecified atom stereocenters. The van der Waals surface area contributed by atoms with Gasteiger partial charge < -0.3 is 18.4 Å². The molecule has 0 amide bonds. The number of benzene rings is 2. The van der Waals surface area contributed by atoms with Crippen LogP contribution in [0.15, 0.2) is 36.1 Å². The molecule has 2 aliphatic heterocycles. The predicted octanol–water partition coefficient (Wildman–Crippen LogP) is 2.68. The summed E-state index contributed by atoms with van der Waals surface area (Å²) in [5, 5.41) is 0. The van der Waals surface area contributed by atoms with E-state index >= 15 is 0 Å². The van der Waals surface area contributed by atoms with E-state index in [0.717, 1.165) is 11.8 Å². The topological polar surface area (TPSA) is 88.1 Å². The number of allylic oxidation sites excluding steroid dienone is 1. The normalized spacial score (nSPS) is 16.5. The van der Waals surface area contributed by atoms with E-state index in [4.69, 9.17) is 18.4 Å². The Bertz CT molecular complexity index is 1070. The van der Waals surface area contributed by atoms with E-state index < -0.39 is 10.1 Å². The van der Waals surface area contributed by atoms with Crippen molar-refractivity contribution in [2.75, 3.05) is 13.0 Å². The van der Waals surface area contributed by atoms with Crippen LogP contribution in [0.4, 0.5) is 0 Å². The number of hydrogen-bond donors (Lipinski definition) is 0. The average molecular weight is 374 g/mol. The van der Waals surface area contributed by atoms with Gasteiger partial charge in [-0.05, 0) is 42.8 Å². The van der Waals surface area contributed by atoms with Crippen LogP contribution in [0.2, 0.25) is 0 Å². The molecule has 7 nitrogen and oxygen atoms in total. The second-order valence-electron chi connectivity index (χ2n) is 5.91. The van der Waals surface area contributed by atoms with Crippen molar-refractivity contribution < 1.29 is 31.6 Å². The smallest absolute Gasteiger partial charge is 0.306 e. The van der Waals surface area contributed by atoms with Gasteiger partial charge in [-0.3, -0.25) is 4.79 Å². The molecule has 0 spiro atoms. The highest BCUT2D eigenvalue weighted by atomic mass is 32.2. The lowest BCUT2D eigenvalue weighted by atomic mass is 10.1. The van der Waals surface area contributed by atoms with Crippen molar-refractivity contribution in [1.29, 1.82) is 0 Å². The van der Waals surface area contributed by atoms with Crippen LogP contribution in [-0.4, -0.2) is 27.2 Å². The van der Waals surface area contributed by atoms with Gasteiger partial charge in [-0.15, -0.1) is 0 Å². The summed E-state index contributed by atoms with van der Waals surface area (Å²) in [7, 11) is -3.68. The molecule has 0 radical (unpaired) electrons. The van der Waals surface area contributed by atoms with Crippen LogP contribution >= 0.6 is 0 Å². The molecule has 2 aromatic rings. The molecule has 134 valence electrons. The molecule has 8 heteroatoms. The summed E-state index contributed by atoms with van der Waals surface area (Å²) >= 11 is 0. The van der Waals surface area contributed by atoms with Gasteiger partial charge >= 0.3 is 10.1 Å². The molecular formula is C18H14O7S. The Kier molecular flexibility index (Phi) is 3.66. The molecule has 26 heavy (non-hydrogen) atoms. The average Bonchev–Trinajstić information content (AvgIpc) is 3.15. The van der Waals surface area contributed by atoms with Gasteiger partial charge in [0, 0.05) is 5.56 Å². The molecule has 2 aromatic carbocycles. The molecule has 0 aliphatic carbocycles. The first-order valence-electron chi connectivity index (χ1n) is 7.69. The number of fused-ring (bicyclic) bond motifs is 2. The van der Waals surface area contributed by atoms with E-state index in [-0.39, 0.29) is 24.1 Å². The zero-order chi connectivity index (χ0) is 18.5. The third kappa shape index (κ3) is 2.88. The number of hydrogen-bond acceptors (Lipinski definition) is 7. The van der Waals surface area contributed by atoms with Crippen LogP contribution in [0.3, 0.4) is 0 Å². The molecule has 0 bridgehead atoms. The van der Waals surface area contributed by atoms with Crippen molar-refractivity contribution in [2.45, 2.75) is 6.92 Å². The fourth-order valence-corrected chi connectivity index (χ4v) is 3.28. The summed E-state index contributed by atoms with van der Waals surface area (Å²) in [4.78, 5) is 12.6. The van der Waals surface area contributed by atoms with Crippen molar-refractivity contribution in [3.05, 3.63) is 52.8 Å². The summed E-state index contributed by atoms with van der Waals surface area (Å²) in [6.45, 7) is 1.80. The molecule has 0 atom stereocenters. The minimum atomic E-state index is -3.68. The molecule has 0 saturated carbocycles. The summed E-state index contributed by atoms with van der Waals surface area (Å²) in [6.07, 6.45) is 2.55. The number of ether oxygens (including phenoxy) is 3. The number of carbonyl (C=O) groups is 1. The number of ketones is 1. The van der Waals surface area contributed by atoms with E-state index in [2.05, 4.69) is 0 Å². The number of rotatable bonds is 3. The molecule has 2 heterocycles. The lowest BCUT2D eigenvalue weighted by Crippen LogP contribution is -2.07. The Balaban J connectivity index is 1.68. The third-order valence-corrected chi connectivity index (χ3v) is 4.45. The fraction of sp³-hybridized carbons (Fsp3) is 0.167. The van der Waals surface area contributed by atoms with E-state index in [0.29, 0.717) is 28.4 Å². The van der Waals surface area contributed by atoms with Crippen molar-refractivity contribution in [3.8, 4) is 23.0 Å². The molecular weight excluding hydrogens is 360 g/mol. The van der Waals surface area contributed by atoms with Gasteiger partial charge in [-0.1, -0.05) is 6.07 Å². The van der Waals surface area contributed by atoms with Crippen LogP contribution in [0, 0.1) is 6.92 Å². The predicted molar refractivity (Wildman–Crippen MR) is 92.2 cm³/mol. The van der Waals surface area contributed by atoms with Crippen molar-refractivity contribution in [3.63, 3.8) is 0 Å². The molecule has 0 fully saturated rings. The zero-order valence-electron chi connectivity index (χ0n) is 13.9. The van der Waals surface area contributed by atoms with Crippen LogP contribution in [0.1, 0.15) is 21.5 Å². The van der Waals surface area contributed by atoms with Gasteiger partial charge in [-0.25, -0.2) is 0 Å². The Morgan fingerprint density at radius 2 is 1.88 bits per heavy atom. The summed E-state index contributed by atoms with van der Waals surface area (Å²) < 4.78 is 43.9. The number of carbonyl (C=O) groups excluding carboxylic acids is 1. The summed E-state index contributed by atoms with van der Waals surface area (Å²) in [6, 6.07) is 8.22. The Labute approximate surface area is 149 Å². The largest absolute Gasteiger partial charge is 0.454 e. The third-order valence-electron chi connectivity index (χ3n) is 3.97. The Morgan fingerprint density at radius 3 is 2.65 bits per heavy atom. The van der Waals surface area contributed by atoms with Crippen molar-refractivity contribution in [1.82, 2.24) is 0 Å². The van der Waals surface area contributed by atoms with Crippen LogP contribution in [-0.2, 0) is 10.1 Å². The summed E-state index contributed by atoms with van der Waals surface area (Å²) in [5.74, 6) is 1.52. The van der Waals surface area contributed by atoms with Crippen LogP contribution in [0.5, 0.6) is 23.0 Å². The monoisotopic (exact) mass is 374 g/mol. The molecule has 2 aliphatic rings. The molecule has 0 aromatic heterocycles. The highest BCUT2D eigenvalue weighted by Crippen LogP contribution is 2.40.